The summed E-state index contributed by atoms with van der Waals surface area (Å²) in [4.78, 5) is 28.4. The molecule has 29 heavy (non-hydrogen) atoms. The van der Waals surface area contributed by atoms with Crippen LogP contribution in [0.15, 0.2) is 53.9 Å². The molecule has 0 radical (unpaired) electrons. The Bertz CT molecular complexity index is 1090. The maximum Gasteiger partial charge on any atom is 0.304 e. The second kappa shape index (κ2) is 9.32. The number of hydrogen-bond acceptors (Lipinski definition) is 5. The molecule has 0 aliphatic carbocycles. The average Bonchev–Trinajstić information content (AvgIpc) is 3.16. The predicted molar refractivity (Wildman–Crippen MR) is 112 cm³/mol. The number of nitrogens with one attached hydrogen (secondary N) is 1. The molecule has 3 aromatic rings. The molecule has 0 fully saturated rings. The number of hydrogen-bond donors (Lipinski definition) is 2. The summed E-state index contributed by atoms with van der Waals surface area (Å²) in [5, 5.41) is 23.8. The van der Waals surface area contributed by atoms with Crippen molar-refractivity contribution in [3.05, 3.63) is 70.1 Å². The van der Waals surface area contributed by atoms with Gasteiger partial charge in [-0.3, -0.25) is 9.59 Å². The van der Waals surface area contributed by atoms with Crippen LogP contribution in [0.3, 0.4) is 0 Å². The van der Waals surface area contributed by atoms with Crippen LogP contribution in [-0.4, -0.2) is 22.0 Å². The van der Waals surface area contributed by atoms with E-state index in [0.717, 1.165) is 5.56 Å². The topological polar surface area (TPSA) is 103 Å². The van der Waals surface area contributed by atoms with Crippen LogP contribution < -0.4 is 5.32 Å². The Hall–Kier alpha value is -3.21. The fourth-order valence-corrected chi connectivity index (χ4v) is 3.82. The monoisotopic (exact) mass is 425 g/mol. The number of benzene rings is 2. The number of thiazole rings is 1. The molecule has 8 heteroatoms. The van der Waals surface area contributed by atoms with E-state index in [9.17, 15) is 20.0 Å². The van der Waals surface area contributed by atoms with Gasteiger partial charge in [0.05, 0.1) is 29.7 Å². The number of nitriles is 1. The molecule has 146 valence electrons. The third-order valence-electron chi connectivity index (χ3n) is 4.28. The van der Waals surface area contributed by atoms with Crippen LogP contribution in [0, 0.1) is 17.2 Å². The zero-order valence-electron chi connectivity index (χ0n) is 15.1. The summed E-state index contributed by atoms with van der Waals surface area (Å²) < 4.78 is 0. The normalized spacial score (nSPS) is 11.4. The Labute approximate surface area is 176 Å². The molecule has 0 bridgehead atoms. The molecule has 2 N–H and O–H groups in total. The molecule has 1 amide bonds. The first-order chi connectivity index (χ1) is 14.0. The lowest BCUT2D eigenvalue weighted by Crippen LogP contribution is -2.27. The van der Waals surface area contributed by atoms with Crippen LogP contribution in [0.25, 0.3) is 11.3 Å². The van der Waals surface area contributed by atoms with Crippen LogP contribution >= 0.6 is 22.9 Å². The van der Waals surface area contributed by atoms with E-state index in [0.29, 0.717) is 27.0 Å². The van der Waals surface area contributed by atoms with Crippen molar-refractivity contribution in [3.63, 3.8) is 0 Å². The van der Waals surface area contributed by atoms with Gasteiger partial charge >= 0.3 is 5.97 Å². The summed E-state index contributed by atoms with van der Waals surface area (Å²) in [5.41, 5.74) is 2.43. The SMILES string of the molecule is N#Cc1ccccc1CC(CC(=O)O)C(=O)Nc1nc(-c2ccccc2Cl)cs1. The van der Waals surface area contributed by atoms with E-state index in [2.05, 4.69) is 16.4 Å². The van der Waals surface area contributed by atoms with E-state index in [1.807, 2.05) is 18.2 Å². The maximum atomic E-state index is 12.7. The largest absolute Gasteiger partial charge is 0.481 e. The van der Waals surface area contributed by atoms with Crippen molar-refractivity contribution < 1.29 is 14.7 Å². The summed E-state index contributed by atoms with van der Waals surface area (Å²) in [6.45, 7) is 0. The van der Waals surface area contributed by atoms with E-state index in [-0.39, 0.29) is 12.8 Å². The molecule has 0 spiro atoms. The van der Waals surface area contributed by atoms with Gasteiger partial charge in [-0.25, -0.2) is 4.98 Å². The summed E-state index contributed by atoms with van der Waals surface area (Å²) in [6.07, 6.45) is -0.209. The number of aliphatic carboxylic acids is 1. The number of carboxylic acid groups (broad SMARTS) is 1. The van der Waals surface area contributed by atoms with Gasteiger partial charge in [0.25, 0.3) is 0 Å². The van der Waals surface area contributed by atoms with Crippen molar-refractivity contribution in [3.8, 4) is 17.3 Å². The minimum absolute atomic E-state index is 0.143. The molecule has 0 saturated carbocycles. The highest BCUT2D eigenvalue weighted by molar-refractivity contribution is 7.14. The van der Waals surface area contributed by atoms with Crippen LogP contribution in [0.1, 0.15) is 17.5 Å². The number of carbonyl (C=O) groups is 2. The van der Waals surface area contributed by atoms with Gasteiger partial charge in [-0.1, -0.05) is 48.0 Å². The van der Waals surface area contributed by atoms with Gasteiger partial charge in [-0.15, -0.1) is 11.3 Å². The molecule has 0 aliphatic heterocycles. The molecule has 6 nitrogen and oxygen atoms in total. The van der Waals surface area contributed by atoms with Gasteiger partial charge in [0.15, 0.2) is 5.13 Å². The van der Waals surface area contributed by atoms with Crippen molar-refractivity contribution in [2.45, 2.75) is 12.8 Å². The number of aromatic nitrogens is 1. The Morgan fingerprint density at radius 2 is 1.93 bits per heavy atom. The molecular formula is C21H16ClN3O3S. The zero-order valence-corrected chi connectivity index (χ0v) is 16.7. The van der Waals surface area contributed by atoms with Gasteiger partial charge in [0.1, 0.15) is 0 Å². The Balaban J connectivity index is 1.78. The number of carboxylic acids is 1. The van der Waals surface area contributed by atoms with Crippen LogP contribution in [0.2, 0.25) is 5.02 Å². The number of rotatable bonds is 7. The number of carbonyl (C=O) groups excluding carboxylic acids is 1. The minimum atomic E-state index is -1.09. The van der Waals surface area contributed by atoms with Crippen molar-refractivity contribution in [2.24, 2.45) is 5.92 Å². The van der Waals surface area contributed by atoms with Gasteiger partial charge in [0.2, 0.25) is 5.91 Å². The van der Waals surface area contributed by atoms with Crippen molar-refractivity contribution in [1.29, 1.82) is 5.26 Å². The third-order valence-corrected chi connectivity index (χ3v) is 5.37. The quantitative estimate of drug-likeness (QED) is 0.575. The first-order valence-electron chi connectivity index (χ1n) is 8.69. The van der Waals surface area contributed by atoms with Crippen LogP contribution in [0.5, 0.6) is 0 Å². The van der Waals surface area contributed by atoms with E-state index >= 15 is 0 Å². The Kier molecular flexibility index (Phi) is 6.60. The van der Waals surface area contributed by atoms with E-state index < -0.39 is 17.8 Å². The van der Waals surface area contributed by atoms with Gasteiger partial charge in [-0.2, -0.15) is 5.26 Å². The van der Waals surface area contributed by atoms with E-state index in [4.69, 9.17) is 11.6 Å². The average molecular weight is 426 g/mol. The van der Waals surface area contributed by atoms with Gasteiger partial charge in [0, 0.05) is 16.0 Å². The van der Waals surface area contributed by atoms with Gasteiger partial charge in [-0.05, 0) is 24.1 Å². The molecule has 1 unspecified atom stereocenters. The summed E-state index contributed by atoms with van der Waals surface area (Å²) in [7, 11) is 0. The lowest BCUT2D eigenvalue weighted by molar-refractivity contribution is -0.140. The molecule has 0 saturated heterocycles. The Morgan fingerprint density at radius 1 is 1.21 bits per heavy atom. The number of anilines is 1. The molecular weight excluding hydrogens is 410 g/mol. The second-order valence-corrected chi connectivity index (χ2v) is 7.54. The fourth-order valence-electron chi connectivity index (χ4n) is 2.87. The Morgan fingerprint density at radius 3 is 2.66 bits per heavy atom. The molecule has 1 heterocycles. The summed E-state index contributed by atoms with van der Waals surface area (Å²) in [6, 6.07) is 16.1. The highest BCUT2D eigenvalue weighted by Gasteiger charge is 2.24. The van der Waals surface area contributed by atoms with Crippen molar-refractivity contribution in [1.82, 2.24) is 4.98 Å². The van der Waals surface area contributed by atoms with Crippen molar-refractivity contribution in [2.75, 3.05) is 5.32 Å². The minimum Gasteiger partial charge on any atom is -0.481 e. The lowest BCUT2D eigenvalue weighted by atomic mass is 9.93. The predicted octanol–water partition coefficient (Wildman–Crippen LogP) is 4.61. The highest BCUT2D eigenvalue weighted by atomic mass is 35.5. The van der Waals surface area contributed by atoms with E-state index in [1.165, 1.54) is 11.3 Å². The standard InChI is InChI=1S/C21H16ClN3O3S/c22-17-8-4-3-7-16(17)18-12-29-21(24-18)25-20(28)15(10-19(26)27)9-13-5-1-2-6-14(13)11-23/h1-8,12,15H,9-10H2,(H,26,27)(H,24,25,28). The second-order valence-electron chi connectivity index (χ2n) is 6.27. The first-order valence-corrected chi connectivity index (χ1v) is 9.94. The smallest absolute Gasteiger partial charge is 0.304 e. The number of halogens is 1. The maximum absolute atomic E-state index is 12.7. The van der Waals surface area contributed by atoms with Crippen molar-refractivity contribution >= 4 is 39.9 Å². The van der Waals surface area contributed by atoms with Crippen LogP contribution in [-0.2, 0) is 16.0 Å². The highest BCUT2D eigenvalue weighted by Crippen LogP contribution is 2.30. The molecule has 2 aromatic carbocycles. The van der Waals surface area contributed by atoms with E-state index in [1.54, 1.807) is 35.7 Å². The zero-order chi connectivity index (χ0) is 20.8. The lowest BCUT2D eigenvalue weighted by Gasteiger charge is -2.14. The molecule has 1 atom stereocenters. The first kappa shape index (κ1) is 20.5. The molecule has 3 rings (SSSR count). The molecule has 0 aliphatic rings. The number of amides is 1. The van der Waals surface area contributed by atoms with Crippen LogP contribution in [0.4, 0.5) is 5.13 Å². The van der Waals surface area contributed by atoms with Gasteiger partial charge < -0.3 is 10.4 Å². The summed E-state index contributed by atoms with van der Waals surface area (Å²) >= 11 is 7.42. The summed E-state index contributed by atoms with van der Waals surface area (Å²) in [5.74, 6) is -2.38. The molecule has 1 aromatic heterocycles. The fraction of sp³-hybridized carbons (Fsp3) is 0.143. The number of nitrogens with zero attached hydrogens (tertiary/aromatic N) is 2. The third kappa shape index (κ3) is 5.19.